The number of halogens is 3. The summed E-state index contributed by atoms with van der Waals surface area (Å²) in [5.41, 5.74) is 4.15. The van der Waals surface area contributed by atoms with Crippen LogP contribution in [0.15, 0.2) is 6.07 Å². The molecule has 0 radical (unpaired) electrons. The highest BCUT2D eigenvalue weighted by Crippen LogP contribution is 2.23. The van der Waals surface area contributed by atoms with Crippen LogP contribution in [0.5, 0.6) is 0 Å². The lowest BCUT2D eigenvalue weighted by Crippen LogP contribution is -2.13. The van der Waals surface area contributed by atoms with E-state index in [1.165, 1.54) is 0 Å². The van der Waals surface area contributed by atoms with Crippen molar-refractivity contribution >= 4 is 5.97 Å². The molecule has 0 unspecified atom stereocenters. The number of ether oxygens (including phenoxy) is 1. The number of alkyl halides is 2. The molecule has 94 valence electrons. The van der Waals surface area contributed by atoms with Crippen LogP contribution in [0.4, 0.5) is 13.2 Å². The molecule has 0 saturated heterocycles. The number of carbonyl (C=O) groups excluding carboxylic acids is 1. The molecule has 0 amide bonds. The van der Waals surface area contributed by atoms with Crippen LogP contribution in [-0.2, 0) is 22.5 Å². The number of pyridine rings is 1. The van der Waals surface area contributed by atoms with Gasteiger partial charge in [-0.25, -0.2) is 18.2 Å². The van der Waals surface area contributed by atoms with Gasteiger partial charge in [0.25, 0.3) is 6.43 Å². The zero-order chi connectivity index (χ0) is 13.0. The first-order valence-corrected chi connectivity index (χ1v) is 4.72. The molecular weight excluding hydrogens is 237 g/mol. The van der Waals surface area contributed by atoms with Crippen molar-refractivity contribution in [3.8, 4) is 0 Å². The predicted molar refractivity (Wildman–Crippen MR) is 52.8 cm³/mol. The van der Waals surface area contributed by atoms with Crippen LogP contribution in [0, 0.1) is 5.82 Å². The molecule has 0 atom stereocenters. The Hall–Kier alpha value is -1.63. The van der Waals surface area contributed by atoms with Crippen LogP contribution in [0.1, 0.15) is 23.4 Å². The molecule has 1 aromatic rings. The average molecular weight is 248 g/mol. The zero-order valence-corrected chi connectivity index (χ0v) is 9.04. The fraction of sp³-hybridized carbons (Fsp3) is 0.400. The van der Waals surface area contributed by atoms with Crippen molar-refractivity contribution < 1.29 is 22.7 Å². The van der Waals surface area contributed by atoms with Crippen LogP contribution in [0.3, 0.4) is 0 Å². The summed E-state index contributed by atoms with van der Waals surface area (Å²) in [7, 11) is 1.11. The number of carbonyl (C=O) groups is 1. The normalized spacial score (nSPS) is 10.7. The van der Waals surface area contributed by atoms with Gasteiger partial charge >= 0.3 is 5.97 Å². The Labute approximate surface area is 95.6 Å². The predicted octanol–water partition coefficient (Wildman–Crippen LogP) is 1.33. The van der Waals surface area contributed by atoms with Gasteiger partial charge in [0.2, 0.25) is 0 Å². The molecule has 0 aliphatic carbocycles. The number of rotatable bonds is 4. The summed E-state index contributed by atoms with van der Waals surface area (Å²) in [5, 5.41) is 0. The van der Waals surface area contributed by atoms with Crippen LogP contribution in [-0.4, -0.2) is 18.1 Å². The van der Waals surface area contributed by atoms with Gasteiger partial charge in [-0.1, -0.05) is 0 Å². The van der Waals surface area contributed by atoms with Gasteiger partial charge in [-0.05, 0) is 11.6 Å². The molecule has 0 saturated carbocycles. The van der Waals surface area contributed by atoms with Crippen LogP contribution >= 0.6 is 0 Å². The molecule has 0 spiro atoms. The first-order valence-electron chi connectivity index (χ1n) is 4.72. The van der Waals surface area contributed by atoms with Gasteiger partial charge in [-0.3, -0.25) is 4.79 Å². The number of hydrogen-bond donors (Lipinski definition) is 1. The van der Waals surface area contributed by atoms with E-state index < -0.39 is 30.3 Å². The second-order valence-corrected chi connectivity index (χ2v) is 3.22. The van der Waals surface area contributed by atoms with Crippen LogP contribution < -0.4 is 5.73 Å². The molecule has 7 heteroatoms. The minimum absolute atomic E-state index is 0.0777. The van der Waals surface area contributed by atoms with Crippen LogP contribution in [0.25, 0.3) is 0 Å². The monoisotopic (exact) mass is 248 g/mol. The van der Waals surface area contributed by atoms with E-state index in [4.69, 9.17) is 5.73 Å². The third-order valence-corrected chi connectivity index (χ3v) is 2.13. The third-order valence-electron chi connectivity index (χ3n) is 2.13. The van der Waals surface area contributed by atoms with E-state index in [1.807, 2.05) is 0 Å². The second-order valence-electron chi connectivity index (χ2n) is 3.22. The molecule has 0 aliphatic heterocycles. The van der Waals surface area contributed by atoms with Crippen LogP contribution in [0.2, 0.25) is 0 Å². The molecule has 1 rings (SSSR count). The summed E-state index contributed by atoms with van der Waals surface area (Å²) in [6.07, 6.45) is -3.36. The average Bonchev–Trinajstić information content (AvgIpc) is 2.30. The van der Waals surface area contributed by atoms with Crippen molar-refractivity contribution in [1.29, 1.82) is 0 Å². The van der Waals surface area contributed by atoms with Crippen molar-refractivity contribution in [3.63, 3.8) is 0 Å². The molecule has 1 heterocycles. The molecule has 0 aromatic carbocycles. The Balaban J connectivity index is 3.15. The summed E-state index contributed by atoms with van der Waals surface area (Å²) in [6.45, 7) is -0.248. The van der Waals surface area contributed by atoms with Crippen molar-refractivity contribution in [1.82, 2.24) is 4.98 Å². The van der Waals surface area contributed by atoms with Crippen molar-refractivity contribution in [3.05, 3.63) is 28.8 Å². The second kappa shape index (κ2) is 5.62. The zero-order valence-electron chi connectivity index (χ0n) is 9.04. The topological polar surface area (TPSA) is 65.2 Å². The highest BCUT2D eigenvalue weighted by atomic mass is 19.3. The fourth-order valence-corrected chi connectivity index (χ4v) is 1.27. The van der Waals surface area contributed by atoms with E-state index in [0.717, 1.165) is 13.2 Å². The van der Waals surface area contributed by atoms with E-state index in [9.17, 15) is 18.0 Å². The number of hydrogen-bond acceptors (Lipinski definition) is 4. The standard InChI is InChI=1S/C10H11F3N2O2/c1-17-8(16)3-7-6(11)2-5(4-14)9(15-7)10(12)13/h2,10H,3-4,14H2,1H3. The van der Waals surface area contributed by atoms with Gasteiger partial charge in [0.05, 0.1) is 19.2 Å². The Kier molecular flexibility index (Phi) is 4.45. The SMILES string of the molecule is COC(=O)Cc1nc(C(F)F)c(CN)cc1F. The van der Waals surface area contributed by atoms with Gasteiger partial charge in [0.1, 0.15) is 11.5 Å². The number of nitrogens with two attached hydrogens (primary N) is 1. The van der Waals surface area contributed by atoms with E-state index in [0.29, 0.717) is 0 Å². The molecule has 0 bridgehead atoms. The fourth-order valence-electron chi connectivity index (χ4n) is 1.27. The number of esters is 1. The van der Waals surface area contributed by atoms with Crippen molar-refractivity contribution in [2.45, 2.75) is 19.4 Å². The summed E-state index contributed by atoms with van der Waals surface area (Å²) in [6, 6.07) is 0.868. The van der Waals surface area contributed by atoms with E-state index >= 15 is 0 Å². The number of aromatic nitrogens is 1. The molecule has 0 fully saturated rings. The highest BCUT2D eigenvalue weighted by Gasteiger charge is 2.19. The molecular formula is C10H11F3N2O2. The van der Waals surface area contributed by atoms with E-state index in [2.05, 4.69) is 9.72 Å². The Morgan fingerprint density at radius 2 is 2.24 bits per heavy atom. The summed E-state index contributed by atoms with van der Waals surface area (Å²) >= 11 is 0. The van der Waals surface area contributed by atoms with Gasteiger partial charge in [0.15, 0.2) is 0 Å². The quantitative estimate of drug-likeness (QED) is 0.816. The Bertz CT molecular complexity index is 424. The van der Waals surface area contributed by atoms with Gasteiger partial charge in [-0.15, -0.1) is 0 Å². The summed E-state index contributed by atoms with van der Waals surface area (Å²) < 4.78 is 42.9. The van der Waals surface area contributed by atoms with E-state index in [-0.39, 0.29) is 17.8 Å². The largest absolute Gasteiger partial charge is 0.469 e. The summed E-state index contributed by atoms with van der Waals surface area (Å²) in [5.74, 6) is -1.60. The molecule has 1 aromatic heterocycles. The summed E-state index contributed by atoms with van der Waals surface area (Å²) in [4.78, 5) is 14.4. The highest BCUT2D eigenvalue weighted by molar-refractivity contribution is 5.71. The molecule has 17 heavy (non-hydrogen) atoms. The maximum atomic E-state index is 13.4. The van der Waals surface area contributed by atoms with Gasteiger partial charge in [-0.2, -0.15) is 0 Å². The van der Waals surface area contributed by atoms with Gasteiger partial charge in [0, 0.05) is 6.54 Å². The third kappa shape index (κ3) is 3.16. The van der Waals surface area contributed by atoms with Gasteiger partial charge < -0.3 is 10.5 Å². The van der Waals surface area contributed by atoms with Crippen molar-refractivity contribution in [2.75, 3.05) is 7.11 Å². The Morgan fingerprint density at radius 3 is 2.71 bits per heavy atom. The molecule has 4 nitrogen and oxygen atoms in total. The van der Waals surface area contributed by atoms with E-state index in [1.54, 1.807) is 0 Å². The molecule has 0 aliphatic rings. The minimum atomic E-state index is -2.87. The smallest absolute Gasteiger partial charge is 0.311 e. The number of methoxy groups -OCH3 is 1. The lowest BCUT2D eigenvalue weighted by atomic mass is 10.1. The first-order chi connectivity index (χ1) is 7.99. The first kappa shape index (κ1) is 13.4. The minimum Gasteiger partial charge on any atom is -0.469 e. The lowest BCUT2D eigenvalue weighted by molar-refractivity contribution is -0.139. The maximum absolute atomic E-state index is 13.4. The number of nitrogens with zero attached hydrogens (tertiary/aromatic N) is 1. The molecule has 2 N–H and O–H groups in total. The maximum Gasteiger partial charge on any atom is 0.311 e. The van der Waals surface area contributed by atoms with Crippen molar-refractivity contribution in [2.24, 2.45) is 5.73 Å². The lowest BCUT2D eigenvalue weighted by Gasteiger charge is -2.09. The Morgan fingerprint density at radius 1 is 1.59 bits per heavy atom.